The summed E-state index contributed by atoms with van der Waals surface area (Å²) in [5.41, 5.74) is 1.21. The highest BCUT2D eigenvalue weighted by molar-refractivity contribution is 9.10. The molecule has 0 atom stereocenters. The van der Waals surface area contributed by atoms with Crippen LogP contribution in [0.4, 0.5) is 0 Å². The molecular weight excluding hydrogens is 263 g/mol. The van der Waals surface area contributed by atoms with Gasteiger partial charge >= 0.3 is 0 Å². The quantitative estimate of drug-likeness (QED) is 0.764. The van der Waals surface area contributed by atoms with E-state index < -0.39 is 0 Å². The molecule has 1 saturated carbocycles. The first-order valence-corrected chi connectivity index (χ1v) is 5.97. The van der Waals surface area contributed by atoms with Gasteiger partial charge in [0.1, 0.15) is 0 Å². The molecule has 0 amide bonds. The summed E-state index contributed by atoms with van der Waals surface area (Å²) in [5, 5.41) is 0.338. The fourth-order valence-electron chi connectivity index (χ4n) is 1.43. The van der Waals surface area contributed by atoms with Crippen LogP contribution in [0.5, 0.6) is 0 Å². The highest BCUT2D eigenvalue weighted by Crippen LogP contribution is 2.28. The predicted molar refractivity (Wildman–Crippen MR) is 61.6 cm³/mol. The molecule has 1 aromatic carbocycles. The zero-order chi connectivity index (χ0) is 9.97. The Morgan fingerprint density at radius 3 is 2.50 bits per heavy atom. The van der Waals surface area contributed by atoms with Crippen molar-refractivity contribution in [2.24, 2.45) is 0 Å². The number of alkyl halides is 1. The zero-order valence-electron chi connectivity index (χ0n) is 7.75. The molecule has 1 nitrogen and oxygen atoms in total. The van der Waals surface area contributed by atoms with Crippen molar-refractivity contribution in [3.63, 3.8) is 0 Å². The molecular formula is C11H12BrClO. The van der Waals surface area contributed by atoms with E-state index in [1.54, 1.807) is 0 Å². The molecule has 1 fully saturated rings. The first-order valence-electron chi connectivity index (χ1n) is 4.74. The fraction of sp³-hybridized carbons (Fsp3) is 0.455. The average Bonchev–Trinajstić information content (AvgIpc) is 2.13. The maximum absolute atomic E-state index is 5.86. The minimum absolute atomic E-state index is 0.338. The topological polar surface area (TPSA) is 9.23 Å². The summed E-state index contributed by atoms with van der Waals surface area (Å²) in [7, 11) is 0. The molecule has 0 heterocycles. The van der Waals surface area contributed by atoms with Crippen molar-refractivity contribution in [1.29, 1.82) is 0 Å². The lowest BCUT2D eigenvalue weighted by atomic mass is 9.95. The SMILES string of the molecule is ClC1CC(OCc2ccc(Br)cc2)C1. The summed E-state index contributed by atoms with van der Waals surface area (Å²) < 4.78 is 6.78. The number of halogens is 2. The molecule has 3 heteroatoms. The maximum Gasteiger partial charge on any atom is 0.0720 e. The van der Waals surface area contributed by atoms with Gasteiger partial charge in [-0.15, -0.1) is 11.6 Å². The van der Waals surface area contributed by atoms with Crippen LogP contribution in [0.15, 0.2) is 28.7 Å². The van der Waals surface area contributed by atoms with Gasteiger partial charge in [0.05, 0.1) is 12.7 Å². The molecule has 0 bridgehead atoms. The van der Waals surface area contributed by atoms with Gasteiger partial charge in [0.2, 0.25) is 0 Å². The Balaban J connectivity index is 1.78. The highest BCUT2D eigenvalue weighted by atomic mass is 79.9. The van der Waals surface area contributed by atoms with Crippen LogP contribution in [0.25, 0.3) is 0 Å². The third kappa shape index (κ3) is 2.72. The van der Waals surface area contributed by atoms with Gasteiger partial charge in [0.25, 0.3) is 0 Å². The largest absolute Gasteiger partial charge is 0.373 e. The van der Waals surface area contributed by atoms with Crippen molar-refractivity contribution in [3.05, 3.63) is 34.3 Å². The smallest absolute Gasteiger partial charge is 0.0720 e. The van der Waals surface area contributed by atoms with Crippen molar-refractivity contribution >= 4 is 27.5 Å². The second-order valence-corrected chi connectivity index (χ2v) is 5.16. The number of benzene rings is 1. The highest BCUT2D eigenvalue weighted by Gasteiger charge is 2.27. The molecule has 1 aromatic rings. The molecule has 0 saturated heterocycles. The zero-order valence-corrected chi connectivity index (χ0v) is 10.1. The monoisotopic (exact) mass is 274 g/mol. The average molecular weight is 276 g/mol. The summed E-state index contributed by atoms with van der Waals surface area (Å²) in [5.74, 6) is 0. The van der Waals surface area contributed by atoms with Crippen LogP contribution in [0.2, 0.25) is 0 Å². The fourth-order valence-corrected chi connectivity index (χ4v) is 2.09. The normalized spacial score (nSPS) is 25.9. The van der Waals surface area contributed by atoms with E-state index in [0.29, 0.717) is 18.1 Å². The van der Waals surface area contributed by atoms with E-state index in [9.17, 15) is 0 Å². The first kappa shape index (κ1) is 10.5. The van der Waals surface area contributed by atoms with Gasteiger partial charge in [-0.25, -0.2) is 0 Å². The summed E-state index contributed by atoms with van der Waals surface area (Å²) in [6.07, 6.45) is 2.37. The lowest BCUT2D eigenvalue weighted by Gasteiger charge is -2.30. The van der Waals surface area contributed by atoms with Gasteiger partial charge < -0.3 is 4.74 Å². The molecule has 0 aliphatic heterocycles. The molecule has 1 aliphatic rings. The number of hydrogen-bond donors (Lipinski definition) is 0. The van der Waals surface area contributed by atoms with Gasteiger partial charge in [0, 0.05) is 9.85 Å². The van der Waals surface area contributed by atoms with E-state index in [1.165, 1.54) is 5.56 Å². The van der Waals surface area contributed by atoms with E-state index in [2.05, 4.69) is 28.1 Å². The molecule has 0 spiro atoms. The molecule has 0 radical (unpaired) electrons. The number of rotatable bonds is 3. The lowest BCUT2D eigenvalue weighted by Crippen LogP contribution is -2.31. The van der Waals surface area contributed by atoms with E-state index in [0.717, 1.165) is 17.3 Å². The van der Waals surface area contributed by atoms with Crippen LogP contribution >= 0.6 is 27.5 Å². The molecule has 0 unspecified atom stereocenters. The lowest BCUT2D eigenvalue weighted by molar-refractivity contribution is -0.00622. The first-order chi connectivity index (χ1) is 6.74. The van der Waals surface area contributed by atoms with Gasteiger partial charge in [-0.2, -0.15) is 0 Å². The van der Waals surface area contributed by atoms with Crippen LogP contribution in [0, 0.1) is 0 Å². The van der Waals surface area contributed by atoms with E-state index in [4.69, 9.17) is 16.3 Å². The summed E-state index contributed by atoms with van der Waals surface area (Å²) in [6.45, 7) is 0.696. The summed E-state index contributed by atoms with van der Waals surface area (Å²) in [6, 6.07) is 8.20. The van der Waals surface area contributed by atoms with E-state index in [1.807, 2.05) is 12.1 Å². The van der Waals surface area contributed by atoms with Crippen LogP contribution in [0.3, 0.4) is 0 Å². The van der Waals surface area contributed by atoms with E-state index >= 15 is 0 Å². The van der Waals surface area contributed by atoms with Gasteiger partial charge in [-0.3, -0.25) is 0 Å². The Bertz CT molecular complexity index is 293. The van der Waals surface area contributed by atoms with Gasteiger partial charge in [0.15, 0.2) is 0 Å². The molecule has 1 aliphatic carbocycles. The summed E-state index contributed by atoms with van der Waals surface area (Å²) >= 11 is 9.26. The van der Waals surface area contributed by atoms with E-state index in [-0.39, 0.29) is 0 Å². The van der Waals surface area contributed by atoms with Crippen LogP contribution in [-0.2, 0) is 11.3 Å². The number of ether oxygens (including phenoxy) is 1. The third-order valence-electron chi connectivity index (χ3n) is 2.44. The molecule has 0 N–H and O–H groups in total. The Hall–Kier alpha value is -0.0500. The third-order valence-corrected chi connectivity index (χ3v) is 3.32. The maximum atomic E-state index is 5.86. The second kappa shape index (κ2) is 4.65. The second-order valence-electron chi connectivity index (χ2n) is 3.63. The van der Waals surface area contributed by atoms with Crippen molar-refractivity contribution in [3.8, 4) is 0 Å². The Morgan fingerprint density at radius 2 is 1.93 bits per heavy atom. The van der Waals surface area contributed by atoms with Crippen LogP contribution < -0.4 is 0 Å². The Morgan fingerprint density at radius 1 is 1.29 bits per heavy atom. The Kier molecular flexibility index (Phi) is 3.47. The predicted octanol–water partition coefficient (Wildman–Crippen LogP) is 3.74. The minimum atomic E-state index is 0.338. The van der Waals surface area contributed by atoms with Crippen LogP contribution in [-0.4, -0.2) is 11.5 Å². The number of hydrogen-bond acceptors (Lipinski definition) is 1. The van der Waals surface area contributed by atoms with Crippen molar-refractivity contribution in [1.82, 2.24) is 0 Å². The van der Waals surface area contributed by atoms with Crippen molar-refractivity contribution in [2.45, 2.75) is 30.9 Å². The minimum Gasteiger partial charge on any atom is -0.373 e. The molecule has 14 heavy (non-hydrogen) atoms. The van der Waals surface area contributed by atoms with Gasteiger partial charge in [-0.05, 0) is 30.5 Å². The van der Waals surface area contributed by atoms with Crippen LogP contribution in [0.1, 0.15) is 18.4 Å². The van der Waals surface area contributed by atoms with Crippen molar-refractivity contribution in [2.75, 3.05) is 0 Å². The molecule has 0 aromatic heterocycles. The standard InChI is InChI=1S/C11H12BrClO/c12-9-3-1-8(2-4-9)7-14-11-5-10(13)6-11/h1-4,10-11H,5-7H2. The molecule has 76 valence electrons. The Labute approximate surface area is 97.5 Å². The molecule has 2 rings (SSSR count). The van der Waals surface area contributed by atoms with Crippen molar-refractivity contribution < 1.29 is 4.74 Å². The van der Waals surface area contributed by atoms with Gasteiger partial charge in [-0.1, -0.05) is 28.1 Å². The summed E-state index contributed by atoms with van der Waals surface area (Å²) in [4.78, 5) is 0.